The van der Waals surface area contributed by atoms with E-state index in [0.717, 1.165) is 0 Å². The second-order valence-corrected chi connectivity index (χ2v) is 4.86. The van der Waals surface area contributed by atoms with Gasteiger partial charge in [0, 0.05) is 6.04 Å². The van der Waals surface area contributed by atoms with Crippen LogP contribution in [0, 0.1) is 0 Å². The molecule has 2 rings (SSSR count). The molecule has 2 heteroatoms. The van der Waals surface area contributed by atoms with Gasteiger partial charge in [0.05, 0.1) is 13.2 Å². The highest BCUT2D eigenvalue weighted by Gasteiger charge is 2.14. The summed E-state index contributed by atoms with van der Waals surface area (Å²) in [5.74, 6) is 0.303. The first-order valence-corrected chi connectivity index (χ1v) is 6.69. The van der Waals surface area contributed by atoms with Crippen LogP contribution in [-0.2, 0) is 11.3 Å². The molecule has 0 spiro atoms. The number of rotatable bonds is 6. The number of hydrogen-bond acceptors (Lipinski definition) is 2. The molecule has 0 aliphatic carbocycles. The van der Waals surface area contributed by atoms with E-state index in [1.165, 1.54) is 11.1 Å². The van der Waals surface area contributed by atoms with Crippen LogP contribution < -0.4 is 5.73 Å². The predicted octanol–water partition coefficient (Wildman–Crippen LogP) is 3.33. The Morgan fingerprint density at radius 3 is 2.16 bits per heavy atom. The molecule has 0 amide bonds. The predicted molar refractivity (Wildman–Crippen MR) is 78.9 cm³/mol. The molecule has 0 bridgehead atoms. The van der Waals surface area contributed by atoms with Crippen molar-refractivity contribution < 1.29 is 4.74 Å². The van der Waals surface area contributed by atoms with Gasteiger partial charge in [-0.05, 0) is 17.0 Å². The highest BCUT2D eigenvalue weighted by molar-refractivity contribution is 5.20. The molecule has 0 heterocycles. The molecule has 0 aliphatic heterocycles. The molecule has 0 radical (unpaired) electrons. The number of ether oxygens (including phenoxy) is 1. The van der Waals surface area contributed by atoms with E-state index in [-0.39, 0.29) is 6.04 Å². The standard InChI is InChI=1S/C17H21NO/c1-14(16-10-6-3-7-11-16)17(18)13-19-12-15-8-4-2-5-9-15/h2-11,14,17H,12-13,18H2,1H3/t14-,17?/m0/s1. The summed E-state index contributed by atoms with van der Waals surface area (Å²) in [5, 5.41) is 0. The molecule has 100 valence electrons. The highest BCUT2D eigenvalue weighted by atomic mass is 16.5. The smallest absolute Gasteiger partial charge is 0.0717 e. The zero-order chi connectivity index (χ0) is 13.5. The minimum absolute atomic E-state index is 0.0195. The molecule has 0 saturated carbocycles. The molecule has 19 heavy (non-hydrogen) atoms. The van der Waals surface area contributed by atoms with Crippen molar-refractivity contribution in [2.75, 3.05) is 6.61 Å². The Labute approximate surface area is 115 Å². The first-order valence-electron chi connectivity index (χ1n) is 6.69. The van der Waals surface area contributed by atoms with Gasteiger partial charge in [-0.1, -0.05) is 67.6 Å². The van der Waals surface area contributed by atoms with Crippen LogP contribution in [0.25, 0.3) is 0 Å². The first-order chi connectivity index (χ1) is 9.27. The maximum absolute atomic E-state index is 6.19. The van der Waals surface area contributed by atoms with Gasteiger partial charge in [0.1, 0.15) is 0 Å². The summed E-state index contributed by atoms with van der Waals surface area (Å²) >= 11 is 0. The third-order valence-corrected chi connectivity index (χ3v) is 3.39. The van der Waals surface area contributed by atoms with E-state index in [1.807, 2.05) is 36.4 Å². The van der Waals surface area contributed by atoms with E-state index in [1.54, 1.807) is 0 Å². The summed E-state index contributed by atoms with van der Waals surface area (Å²) in [6, 6.07) is 20.5. The Hall–Kier alpha value is -1.64. The largest absolute Gasteiger partial charge is 0.375 e. The van der Waals surface area contributed by atoms with Crippen LogP contribution in [0.5, 0.6) is 0 Å². The quantitative estimate of drug-likeness (QED) is 0.859. The lowest BCUT2D eigenvalue weighted by molar-refractivity contribution is 0.103. The van der Waals surface area contributed by atoms with Gasteiger partial charge in [0.15, 0.2) is 0 Å². The van der Waals surface area contributed by atoms with Crippen LogP contribution in [0.2, 0.25) is 0 Å². The van der Waals surface area contributed by atoms with Crippen molar-refractivity contribution in [2.24, 2.45) is 5.73 Å². The molecule has 0 aliphatic rings. The number of benzene rings is 2. The molecular formula is C17H21NO. The SMILES string of the molecule is C[C@@H](c1ccccc1)C(N)COCc1ccccc1. The molecule has 2 atom stereocenters. The van der Waals surface area contributed by atoms with Gasteiger partial charge in [-0.2, -0.15) is 0 Å². The Balaban J connectivity index is 1.80. The van der Waals surface area contributed by atoms with Crippen molar-refractivity contribution in [1.29, 1.82) is 0 Å². The van der Waals surface area contributed by atoms with Crippen molar-refractivity contribution in [3.63, 3.8) is 0 Å². The minimum atomic E-state index is 0.0195. The van der Waals surface area contributed by atoms with Crippen LogP contribution in [0.15, 0.2) is 60.7 Å². The molecule has 2 N–H and O–H groups in total. The molecule has 0 aromatic heterocycles. The first kappa shape index (κ1) is 13.8. The van der Waals surface area contributed by atoms with Crippen LogP contribution in [0.1, 0.15) is 24.0 Å². The molecule has 0 fully saturated rings. The fourth-order valence-electron chi connectivity index (χ4n) is 2.04. The second kappa shape index (κ2) is 7.07. The normalized spacial score (nSPS) is 14.0. The summed E-state index contributed by atoms with van der Waals surface area (Å²) in [6.07, 6.45) is 0. The average molecular weight is 255 g/mol. The molecule has 2 aromatic rings. The van der Waals surface area contributed by atoms with Gasteiger partial charge in [0.2, 0.25) is 0 Å². The molecule has 1 unspecified atom stereocenters. The number of nitrogens with two attached hydrogens (primary N) is 1. The monoisotopic (exact) mass is 255 g/mol. The maximum Gasteiger partial charge on any atom is 0.0717 e. The van der Waals surface area contributed by atoms with Crippen LogP contribution in [-0.4, -0.2) is 12.6 Å². The highest BCUT2D eigenvalue weighted by Crippen LogP contribution is 2.17. The van der Waals surface area contributed by atoms with Gasteiger partial charge in [-0.25, -0.2) is 0 Å². The Bertz CT molecular complexity index is 469. The fourth-order valence-corrected chi connectivity index (χ4v) is 2.04. The summed E-state index contributed by atoms with van der Waals surface area (Å²) in [6.45, 7) is 3.34. The fraction of sp³-hybridized carbons (Fsp3) is 0.294. The van der Waals surface area contributed by atoms with Crippen molar-refractivity contribution in [1.82, 2.24) is 0 Å². The van der Waals surface area contributed by atoms with Gasteiger partial charge in [-0.3, -0.25) is 0 Å². The zero-order valence-corrected chi connectivity index (χ0v) is 11.3. The molecular weight excluding hydrogens is 234 g/mol. The third-order valence-electron chi connectivity index (χ3n) is 3.39. The summed E-state index contributed by atoms with van der Waals surface area (Å²) in [4.78, 5) is 0. The van der Waals surface area contributed by atoms with Crippen molar-refractivity contribution in [3.8, 4) is 0 Å². The van der Waals surface area contributed by atoms with Crippen molar-refractivity contribution in [3.05, 3.63) is 71.8 Å². The van der Waals surface area contributed by atoms with Gasteiger partial charge >= 0.3 is 0 Å². The average Bonchev–Trinajstić information content (AvgIpc) is 2.48. The lowest BCUT2D eigenvalue weighted by Gasteiger charge is -2.20. The lowest BCUT2D eigenvalue weighted by Crippen LogP contribution is -2.31. The Morgan fingerprint density at radius 2 is 1.53 bits per heavy atom. The van der Waals surface area contributed by atoms with E-state index < -0.39 is 0 Å². The van der Waals surface area contributed by atoms with Crippen molar-refractivity contribution >= 4 is 0 Å². The van der Waals surface area contributed by atoms with Gasteiger partial charge < -0.3 is 10.5 Å². The van der Waals surface area contributed by atoms with Crippen molar-refractivity contribution in [2.45, 2.75) is 25.5 Å². The van der Waals surface area contributed by atoms with E-state index in [4.69, 9.17) is 10.5 Å². The van der Waals surface area contributed by atoms with E-state index in [9.17, 15) is 0 Å². The Kier molecular flexibility index (Phi) is 5.13. The second-order valence-electron chi connectivity index (χ2n) is 4.86. The van der Waals surface area contributed by atoms with E-state index in [0.29, 0.717) is 19.1 Å². The molecule has 2 nitrogen and oxygen atoms in total. The topological polar surface area (TPSA) is 35.2 Å². The third kappa shape index (κ3) is 4.19. The van der Waals surface area contributed by atoms with Gasteiger partial charge in [-0.15, -0.1) is 0 Å². The van der Waals surface area contributed by atoms with Crippen LogP contribution >= 0.6 is 0 Å². The lowest BCUT2D eigenvalue weighted by atomic mass is 9.94. The minimum Gasteiger partial charge on any atom is -0.375 e. The molecule has 2 aromatic carbocycles. The van der Waals surface area contributed by atoms with Crippen LogP contribution in [0.3, 0.4) is 0 Å². The maximum atomic E-state index is 6.19. The zero-order valence-electron chi connectivity index (χ0n) is 11.3. The number of hydrogen-bond donors (Lipinski definition) is 1. The van der Waals surface area contributed by atoms with Crippen LogP contribution in [0.4, 0.5) is 0 Å². The van der Waals surface area contributed by atoms with E-state index in [2.05, 4.69) is 31.2 Å². The Morgan fingerprint density at radius 1 is 0.947 bits per heavy atom. The molecule has 0 saturated heterocycles. The summed E-state index contributed by atoms with van der Waals surface area (Å²) < 4.78 is 5.70. The van der Waals surface area contributed by atoms with E-state index >= 15 is 0 Å². The van der Waals surface area contributed by atoms with Gasteiger partial charge in [0.25, 0.3) is 0 Å². The summed E-state index contributed by atoms with van der Waals surface area (Å²) in [5.41, 5.74) is 8.63. The summed E-state index contributed by atoms with van der Waals surface area (Å²) in [7, 11) is 0.